The van der Waals surface area contributed by atoms with Crippen LogP contribution in [0.3, 0.4) is 0 Å². The second kappa shape index (κ2) is 5.40. The minimum atomic E-state index is -3.05. The number of sulfone groups is 1. The molecule has 2 N–H and O–H groups in total. The molecular weight excluding hydrogens is 268 g/mol. The minimum Gasteiger partial charge on any atom is -0.399 e. The van der Waals surface area contributed by atoms with E-state index in [1.807, 2.05) is 29.2 Å². The van der Waals surface area contributed by atoms with Crippen LogP contribution < -0.4 is 10.6 Å². The Morgan fingerprint density at radius 3 is 2.67 bits per heavy atom. The Hall–Kier alpha value is -0.880. The number of nitrogens with two attached hydrogens (primary N) is 1. The van der Waals surface area contributed by atoms with Gasteiger partial charge in [-0.3, -0.25) is 0 Å². The van der Waals surface area contributed by atoms with Gasteiger partial charge in [-0.05, 0) is 24.3 Å². The molecule has 0 amide bonds. The Morgan fingerprint density at radius 1 is 1.39 bits per heavy atom. The van der Waals surface area contributed by atoms with Crippen molar-refractivity contribution in [2.45, 2.75) is 12.3 Å². The Kier molecular flexibility index (Phi) is 4.07. The van der Waals surface area contributed by atoms with Crippen molar-refractivity contribution in [3.05, 3.63) is 24.3 Å². The van der Waals surface area contributed by atoms with E-state index in [4.69, 9.17) is 5.73 Å². The Morgan fingerprint density at radius 2 is 2.06 bits per heavy atom. The van der Waals surface area contributed by atoms with E-state index >= 15 is 0 Å². The highest BCUT2D eigenvalue weighted by atomic mass is 32.2. The maximum Gasteiger partial charge on any atom is 0.171 e. The summed E-state index contributed by atoms with van der Waals surface area (Å²) in [6, 6.07) is 7.41. The molecule has 1 unspecified atom stereocenters. The summed E-state index contributed by atoms with van der Waals surface area (Å²) in [7, 11) is -3.05. The van der Waals surface area contributed by atoms with Crippen LogP contribution in [0.15, 0.2) is 24.3 Å². The van der Waals surface area contributed by atoms with Gasteiger partial charge in [-0.15, -0.1) is 0 Å². The van der Waals surface area contributed by atoms with Gasteiger partial charge < -0.3 is 10.6 Å². The van der Waals surface area contributed by atoms with Crippen LogP contribution in [0.4, 0.5) is 11.4 Å². The van der Waals surface area contributed by atoms with E-state index in [0.717, 1.165) is 18.0 Å². The fraction of sp³-hybridized carbons (Fsp3) is 0.500. The zero-order chi connectivity index (χ0) is 13.2. The lowest BCUT2D eigenvalue weighted by Crippen LogP contribution is -2.48. The van der Waals surface area contributed by atoms with Gasteiger partial charge in [-0.2, -0.15) is 11.8 Å². The SMILES string of the molecule is CCS(=O)(=O)C1CSCCN1c1ccc(N)cc1. The first-order valence-corrected chi connectivity index (χ1v) is 8.83. The standard InChI is InChI=1S/C12H18N2O2S2/c1-2-18(15,16)12-9-17-8-7-14(12)11-5-3-10(13)4-6-11/h3-6,12H,2,7-9,13H2,1H3. The lowest BCUT2D eigenvalue weighted by atomic mass is 10.2. The van der Waals surface area contributed by atoms with Crippen molar-refractivity contribution >= 4 is 33.0 Å². The zero-order valence-electron chi connectivity index (χ0n) is 10.4. The average Bonchev–Trinajstić information content (AvgIpc) is 2.40. The lowest BCUT2D eigenvalue weighted by Gasteiger charge is -2.36. The summed E-state index contributed by atoms with van der Waals surface area (Å²) < 4.78 is 24.3. The Balaban J connectivity index is 2.31. The predicted molar refractivity (Wildman–Crippen MR) is 78.8 cm³/mol. The predicted octanol–water partition coefficient (Wildman–Crippen LogP) is 1.58. The number of thioether (sulfide) groups is 1. The molecule has 0 radical (unpaired) electrons. The largest absolute Gasteiger partial charge is 0.399 e. The number of hydrogen-bond donors (Lipinski definition) is 1. The van der Waals surface area contributed by atoms with Crippen LogP contribution >= 0.6 is 11.8 Å². The number of hydrogen-bond acceptors (Lipinski definition) is 5. The van der Waals surface area contributed by atoms with Crippen molar-refractivity contribution < 1.29 is 8.42 Å². The van der Waals surface area contributed by atoms with Crippen molar-refractivity contribution in [3.63, 3.8) is 0 Å². The van der Waals surface area contributed by atoms with E-state index in [0.29, 0.717) is 11.4 Å². The molecular formula is C12H18N2O2S2. The molecule has 1 saturated heterocycles. The summed E-state index contributed by atoms with van der Waals surface area (Å²) in [5, 5.41) is -0.412. The highest BCUT2D eigenvalue weighted by molar-refractivity contribution is 8.01. The number of benzene rings is 1. The molecule has 18 heavy (non-hydrogen) atoms. The van der Waals surface area contributed by atoms with Gasteiger partial charge in [-0.25, -0.2) is 8.42 Å². The summed E-state index contributed by atoms with van der Waals surface area (Å²) in [4.78, 5) is 1.98. The maximum atomic E-state index is 12.1. The molecule has 0 spiro atoms. The third-order valence-electron chi connectivity index (χ3n) is 3.13. The van der Waals surface area contributed by atoms with Crippen molar-refractivity contribution in [1.29, 1.82) is 0 Å². The molecule has 6 heteroatoms. The fourth-order valence-electron chi connectivity index (χ4n) is 2.03. The van der Waals surface area contributed by atoms with Gasteiger partial charge in [0.25, 0.3) is 0 Å². The second-order valence-electron chi connectivity index (χ2n) is 4.27. The molecule has 100 valence electrons. The normalized spacial score (nSPS) is 20.9. The minimum absolute atomic E-state index is 0.184. The molecule has 0 bridgehead atoms. The summed E-state index contributed by atoms with van der Waals surface area (Å²) >= 11 is 1.70. The Labute approximate surface area is 112 Å². The summed E-state index contributed by atoms with van der Waals surface area (Å²) in [6.07, 6.45) is 0. The number of nitrogen functional groups attached to an aromatic ring is 1. The quantitative estimate of drug-likeness (QED) is 0.855. The van der Waals surface area contributed by atoms with E-state index in [9.17, 15) is 8.42 Å². The summed E-state index contributed by atoms with van der Waals surface area (Å²) in [6.45, 7) is 2.47. The van der Waals surface area contributed by atoms with Gasteiger partial charge in [0.2, 0.25) is 0 Å². The molecule has 1 aliphatic rings. The van der Waals surface area contributed by atoms with Crippen molar-refractivity contribution in [2.24, 2.45) is 0 Å². The molecule has 0 aromatic heterocycles. The molecule has 1 aromatic rings. The topological polar surface area (TPSA) is 63.4 Å². The molecule has 1 aliphatic heterocycles. The summed E-state index contributed by atoms with van der Waals surface area (Å²) in [5.41, 5.74) is 7.29. The number of anilines is 2. The van der Waals surface area contributed by atoms with Crippen molar-refractivity contribution in [2.75, 3.05) is 34.4 Å². The first-order chi connectivity index (χ1) is 8.54. The van der Waals surface area contributed by atoms with E-state index in [-0.39, 0.29) is 5.75 Å². The fourth-order valence-corrected chi connectivity index (χ4v) is 5.02. The Bertz CT molecular complexity index is 499. The maximum absolute atomic E-state index is 12.1. The van der Waals surface area contributed by atoms with Crippen molar-refractivity contribution in [3.8, 4) is 0 Å². The summed E-state index contributed by atoms with van der Waals surface area (Å²) in [5.74, 6) is 1.78. The highest BCUT2D eigenvalue weighted by Crippen LogP contribution is 2.27. The molecule has 1 heterocycles. The van der Waals surface area contributed by atoms with Crippen LogP contribution in [0, 0.1) is 0 Å². The van der Waals surface area contributed by atoms with E-state index < -0.39 is 15.2 Å². The van der Waals surface area contributed by atoms with Crippen LogP contribution in [0.1, 0.15) is 6.92 Å². The van der Waals surface area contributed by atoms with Crippen LogP contribution in [0.25, 0.3) is 0 Å². The molecule has 0 saturated carbocycles. The zero-order valence-corrected chi connectivity index (χ0v) is 12.0. The van der Waals surface area contributed by atoms with Gasteiger partial charge in [0, 0.05) is 35.2 Å². The molecule has 1 aromatic carbocycles. The van der Waals surface area contributed by atoms with E-state index in [2.05, 4.69) is 0 Å². The number of rotatable bonds is 3. The first kappa shape index (κ1) is 13.5. The monoisotopic (exact) mass is 286 g/mol. The molecule has 4 nitrogen and oxygen atoms in total. The van der Waals surface area contributed by atoms with Gasteiger partial charge in [0.15, 0.2) is 9.84 Å². The smallest absolute Gasteiger partial charge is 0.171 e. The van der Waals surface area contributed by atoms with Crippen molar-refractivity contribution in [1.82, 2.24) is 0 Å². The lowest BCUT2D eigenvalue weighted by molar-refractivity contribution is 0.579. The first-order valence-electron chi connectivity index (χ1n) is 5.96. The number of nitrogens with zero attached hydrogens (tertiary/aromatic N) is 1. The molecule has 2 rings (SSSR count). The van der Waals surface area contributed by atoms with Gasteiger partial charge in [-0.1, -0.05) is 6.92 Å². The second-order valence-corrected chi connectivity index (χ2v) is 7.86. The van der Waals surface area contributed by atoms with Gasteiger partial charge in [0.1, 0.15) is 5.37 Å². The van der Waals surface area contributed by atoms with Crippen LogP contribution in [-0.2, 0) is 9.84 Å². The van der Waals surface area contributed by atoms with Crippen LogP contribution in [-0.4, -0.2) is 37.6 Å². The highest BCUT2D eigenvalue weighted by Gasteiger charge is 2.32. The third kappa shape index (κ3) is 2.75. The molecule has 1 fully saturated rings. The van der Waals surface area contributed by atoms with E-state index in [1.165, 1.54) is 0 Å². The van der Waals surface area contributed by atoms with Crippen LogP contribution in [0.5, 0.6) is 0 Å². The van der Waals surface area contributed by atoms with Gasteiger partial charge >= 0.3 is 0 Å². The van der Waals surface area contributed by atoms with E-state index in [1.54, 1.807) is 18.7 Å². The van der Waals surface area contributed by atoms with Crippen LogP contribution in [0.2, 0.25) is 0 Å². The third-order valence-corrected chi connectivity index (χ3v) is 6.41. The molecule has 0 aliphatic carbocycles. The molecule has 1 atom stereocenters. The van der Waals surface area contributed by atoms with Gasteiger partial charge in [0.05, 0.1) is 0 Å². The average molecular weight is 286 g/mol.